The number of nitriles is 1. The molecule has 0 spiro atoms. The van der Waals surface area contributed by atoms with Gasteiger partial charge in [-0.3, -0.25) is 4.79 Å². The number of benzene rings is 2. The van der Waals surface area contributed by atoms with Gasteiger partial charge in [0.1, 0.15) is 24.1 Å². The van der Waals surface area contributed by atoms with Crippen molar-refractivity contribution in [2.75, 3.05) is 20.7 Å². The molecule has 0 bridgehead atoms. The van der Waals surface area contributed by atoms with Crippen molar-refractivity contribution in [2.45, 2.75) is 13.5 Å². The molecule has 0 saturated carbocycles. The number of carbonyl (C=O) groups excluding carboxylic acids is 1. The Morgan fingerprint density at radius 3 is 2.61 bits per heavy atom. The quantitative estimate of drug-likeness (QED) is 0.507. The second kappa shape index (κ2) is 9.77. The van der Waals surface area contributed by atoms with Crippen molar-refractivity contribution in [3.8, 4) is 17.6 Å². The Morgan fingerprint density at radius 2 is 2.00 bits per heavy atom. The Morgan fingerprint density at radius 1 is 1.29 bits per heavy atom. The van der Waals surface area contributed by atoms with Crippen molar-refractivity contribution in [3.63, 3.8) is 0 Å². The van der Waals surface area contributed by atoms with Crippen molar-refractivity contribution in [1.82, 2.24) is 4.90 Å². The highest BCUT2D eigenvalue weighted by atomic mass is 35.5. The fraction of sp³-hybridized carbons (Fsp3) is 0.238. The minimum absolute atomic E-state index is 0.0236. The number of ether oxygens (including phenoxy) is 2. The highest BCUT2D eigenvalue weighted by Gasteiger charge is 2.16. The number of likely N-dealkylation sites (N-methyl/N-ethyl adjacent to an activating group) is 1. The van der Waals surface area contributed by atoms with E-state index in [1.54, 1.807) is 51.4 Å². The molecule has 2 aromatic rings. The van der Waals surface area contributed by atoms with Crippen LogP contribution in [0.15, 0.2) is 42.0 Å². The summed E-state index contributed by atoms with van der Waals surface area (Å²) in [5.41, 5.74) is 0.857. The highest BCUT2D eigenvalue weighted by Crippen LogP contribution is 2.38. The molecule has 0 aliphatic heterocycles. The van der Waals surface area contributed by atoms with Crippen molar-refractivity contribution in [3.05, 3.63) is 63.9 Å². The molecule has 0 radical (unpaired) electrons. The number of rotatable bonds is 7. The first-order valence-electron chi connectivity index (χ1n) is 8.53. The van der Waals surface area contributed by atoms with E-state index in [0.717, 1.165) is 0 Å². The SMILES string of the molecule is CCOc1cc(/C=C(/C#N)C(=O)N(C)C)cc(Cl)c1OCc1ccccc1F. The van der Waals surface area contributed by atoms with Gasteiger partial charge in [0.25, 0.3) is 5.91 Å². The number of halogens is 2. The molecule has 0 aliphatic rings. The van der Waals surface area contributed by atoms with Gasteiger partial charge in [0.2, 0.25) is 0 Å². The summed E-state index contributed by atoms with van der Waals surface area (Å²) < 4.78 is 25.1. The molecule has 0 aliphatic carbocycles. The van der Waals surface area contributed by atoms with Gasteiger partial charge in [-0.05, 0) is 36.8 Å². The zero-order chi connectivity index (χ0) is 20.7. The lowest BCUT2D eigenvalue weighted by molar-refractivity contribution is -0.124. The summed E-state index contributed by atoms with van der Waals surface area (Å²) in [7, 11) is 3.12. The molecule has 0 aromatic heterocycles. The Hall–Kier alpha value is -3.04. The molecule has 7 heteroatoms. The number of carbonyl (C=O) groups is 1. The fourth-order valence-electron chi connectivity index (χ4n) is 2.39. The fourth-order valence-corrected chi connectivity index (χ4v) is 2.66. The molecule has 0 N–H and O–H groups in total. The van der Waals surface area contributed by atoms with Crippen LogP contribution in [0.3, 0.4) is 0 Å². The summed E-state index contributed by atoms with van der Waals surface area (Å²) in [5, 5.41) is 9.47. The van der Waals surface area contributed by atoms with E-state index < -0.39 is 5.91 Å². The molecule has 2 aromatic carbocycles. The number of hydrogen-bond acceptors (Lipinski definition) is 4. The Kier molecular flexibility index (Phi) is 7.42. The van der Waals surface area contributed by atoms with Gasteiger partial charge in [0.05, 0.1) is 11.6 Å². The minimum Gasteiger partial charge on any atom is -0.490 e. The standard InChI is InChI=1S/C21H20ClFN2O3/c1-4-27-19-11-14(9-16(12-24)21(26)25(2)3)10-17(22)20(19)28-13-15-7-5-6-8-18(15)23/h5-11H,4,13H2,1-3H3/b16-9-. The van der Waals surface area contributed by atoms with E-state index in [1.165, 1.54) is 17.0 Å². The predicted octanol–water partition coefficient (Wildman–Crippen LogP) is 4.45. The molecule has 0 unspecified atom stereocenters. The van der Waals surface area contributed by atoms with Crippen molar-refractivity contribution in [2.24, 2.45) is 0 Å². The number of amides is 1. The van der Waals surface area contributed by atoms with E-state index in [9.17, 15) is 14.4 Å². The molecule has 1 amide bonds. The second-order valence-electron chi connectivity index (χ2n) is 6.01. The van der Waals surface area contributed by atoms with Crippen LogP contribution in [-0.4, -0.2) is 31.5 Å². The summed E-state index contributed by atoms with van der Waals surface area (Å²) >= 11 is 6.34. The molecule has 28 heavy (non-hydrogen) atoms. The smallest absolute Gasteiger partial charge is 0.264 e. The van der Waals surface area contributed by atoms with Crippen LogP contribution < -0.4 is 9.47 Å². The van der Waals surface area contributed by atoms with Gasteiger partial charge in [0.15, 0.2) is 11.5 Å². The van der Waals surface area contributed by atoms with E-state index in [4.69, 9.17) is 21.1 Å². The maximum absolute atomic E-state index is 13.8. The lowest BCUT2D eigenvalue weighted by Crippen LogP contribution is -2.22. The first kappa shape index (κ1) is 21.3. The number of nitrogens with zero attached hydrogens (tertiary/aromatic N) is 2. The van der Waals surface area contributed by atoms with E-state index in [0.29, 0.717) is 23.5 Å². The first-order valence-corrected chi connectivity index (χ1v) is 8.91. The second-order valence-corrected chi connectivity index (χ2v) is 6.42. The Labute approximate surface area is 168 Å². The zero-order valence-corrected chi connectivity index (χ0v) is 16.6. The molecule has 0 fully saturated rings. The van der Waals surface area contributed by atoms with Crippen LogP contribution in [0.4, 0.5) is 4.39 Å². The molecule has 0 atom stereocenters. The average molecular weight is 403 g/mol. The number of hydrogen-bond donors (Lipinski definition) is 0. The molecule has 146 valence electrons. The summed E-state index contributed by atoms with van der Waals surface area (Å²) in [6.45, 7) is 2.12. The van der Waals surface area contributed by atoms with Gasteiger partial charge in [-0.25, -0.2) is 4.39 Å². The van der Waals surface area contributed by atoms with E-state index >= 15 is 0 Å². The lowest BCUT2D eigenvalue weighted by Gasteiger charge is -2.15. The van der Waals surface area contributed by atoms with Gasteiger partial charge in [-0.15, -0.1) is 0 Å². The normalized spacial score (nSPS) is 10.9. The average Bonchev–Trinajstić information content (AvgIpc) is 2.66. The van der Waals surface area contributed by atoms with Gasteiger partial charge < -0.3 is 14.4 Å². The molecule has 0 saturated heterocycles. The summed E-state index contributed by atoms with van der Waals surface area (Å²) in [4.78, 5) is 13.4. The maximum Gasteiger partial charge on any atom is 0.264 e. The summed E-state index contributed by atoms with van der Waals surface area (Å²) in [6.07, 6.45) is 1.43. The third kappa shape index (κ3) is 5.24. The molecule has 0 heterocycles. The van der Waals surface area contributed by atoms with Gasteiger partial charge in [0, 0.05) is 19.7 Å². The van der Waals surface area contributed by atoms with Crippen LogP contribution in [0, 0.1) is 17.1 Å². The molecular weight excluding hydrogens is 383 g/mol. The van der Waals surface area contributed by atoms with Gasteiger partial charge in [-0.1, -0.05) is 29.8 Å². The Balaban J connectivity index is 2.37. The van der Waals surface area contributed by atoms with Crippen molar-refractivity contribution in [1.29, 1.82) is 5.26 Å². The topological polar surface area (TPSA) is 62.6 Å². The third-order valence-electron chi connectivity index (χ3n) is 3.73. The monoisotopic (exact) mass is 402 g/mol. The Bertz CT molecular complexity index is 936. The molecule has 5 nitrogen and oxygen atoms in total. The van der Waals surface area contributed by atoms with E-state index in [2.05, 4.69) is 0 Å². The van der Waals surface area contributed by atoms with Gasteiger partial charge >= 0.3 is 0 Å². The molecular formula is C21H20ClFN2O3. The van der Waals surface area contributed by atoms with Gasteiger partial charge in [-0.2, -0.15) is 5.26 Å². The van der Waals surface area contributed by atoms with Crippen LogP contribution in [0.2, 0.25) is 5.02 Å². The largest absolute Gasteiger partial charge is 0.490 e. The van der Waals surface area contributed by atoms with E-state index in [-0.39, 0.29) is 28.8 Å². The predicted molar refractivity (Wildman–Crippen MR) is 106 cm³/mol. The van der Waals surface area contributed by atoms with Crippen LogP contribution in [0.25, 0.3) is 6.08 Å². The van der Waals surface area contributed by atoms with Crippen LogP contribution in [-0.2, 0) is 11.4 Å². The third-order valence-corrected chi connectivity index (χ3v) is 4.01. The lowest BCUT2D eigenvalue weighted by atomic mass is 10.1. The highest BCUT2D eigenvalue weighted by molar-refractivity contribution is 6.32. The van der Waals surface area contributed by atoms with Crippen molar-refractivity contribution >= 4 is 23.6 Å². The van der Waals surface area contributed by atoms with Crippen LogP contribution in [0.5, 0.6) is 11.5 Å². The summed E-state index contributed by atoms with van der Waals surface area (Å²) in [5.74, 6) is -0.193. The van der Waals surface area contributed by atoms with Crippen LogP contribution >= 0.6 is 11.6 Å². The first-order chi connectivity index (χ1) is 13.4. The van der Waals surface area contributed by atoms with Crippen molar-refractivity contribution < 1.29 is 18.7 Å². The zero-order valence-electron chi connectivity index (χ0n) is 15.8. The maximum atomic E-state index is 13.8. The van der Waals surface area contributed by atoms with Crippen LogP contribution in [0.1, 0.15) is 18.1 Å². The van der Waals surface area contributed by atoms with E-state index in [1.807, 2.05) is 6.07 Å². The molecule has 2 rings (SSSR count). The minimum atomic E-state index is -0.420. The summed E-state index contributed by atoms with van der Waals surface area (Å²) in [6, 6.07) is 11.3.